The molecule has 2 rings (SSSR count). The zero-order chi connectivity index (χ0) is 17.0. The molecule has 0 spiro atoms. The van der Waals surface area contributed by atoms with Crippen LogP contribution < -0.4 is 0 Å². The normalized spacial score (nSPS) is 33.8. The maximum absolute atomic E-state index is 12.0. The first-order valence-electron chi connectivity index (χ1n) is 8.74. The Hall–Kier alpha value is -1.35. The SMILES string of the molecule is CC(C)=CCC[C@@H](C)[C@@H]1[C@H](O)C/C(C)=C\C/C=C2\C(=O)OC[C@H]21. The van der Waals surface area contributed by atoms with E-state index in [1.54, 1.807) is 0 Å². The molecular weight excluding hydrogens is 288 g/mol. The van der Waals surface area contributed by atoms with E-state index >= 15 is 0 Å². The van der Waals surface area contributed by atoms with Gasteiger partial charge < -0.3 is 9.84 Å². The van der Waals surface area contributed by atoms with E-state index < -0.39 is 6.10 Å². The largest absolute Gasteiger partial charge is 0.462 e. The average Bonchev–Trinajstić information content (AvgIpc) is 2.82. The molecule has 1 N–H and O–H groups in total. The van der Waals surface area contributed by atoms with Crippen LogP contribution in [-0.4, -0.2) is 23.8 Å². The van der Waals surface area contributed by atoms with Crippen LogP contribution in [0.1, 0.15) is 53.4 Å². The summed E-state index contributed by atoms with van der Waals surface area (Å²) in [6, 6.07) is 0. The van der Waals surface area contributed by atoms with E-state index in [9.17, 15) is 9.90 Å². The van der Waals surface area contributed by atoms with E-state index in [-0.39, 0.29) is 17.8 Å². The van der Waals surface area contributed by atoms with Crippen molar-refractivity contribution in [1.82, 2.24) is 0 Å². The lowest BCUT2D eigenvalue weighted by Crippen LogP contribution is -2.34. The average molecular weight is 318 g/mol. The molecule has 0 saturated carbocycles. The first-order chi connectivity index (χ1) is 10.9. The minimum atomic E-state index is -0.422. The number of ether oxygens (including phenoxy) is 1. The first kappa shape index (κ1) is 18.0. The van der Waals surface area contributed by atoms with Crippen LogP contribution in [0.15, 0.2) is 34.9 Å². The van der Waals surface area contributed by atoms with Crippen molar-refractivity contribution in [3.05, 3.63) is 34.9 Å². The maximum atomic E-state index is 12.0. The van der Waals surface area contributed by atoms with Gasteiger partial charge in [-0.1, -0.05) is 36.3 Å². The highest BCUT2D eigenvalue weighted by molar-refractivity contribution is 5.91. The summed E-state index contributed by atoms with van der Waals surface area (Å²) in [4.78, 5) is 12.0. The molecule has 23 heavy (non-hydrogen) atoms. The van der Waals surface area contributed by atoms with E-state index in [2.05, 4.69) is 39.8 Å². The standard InChI is InChI=1S/C20H30O3/c1-13(2)7-5-9-15(4)19-17-12-23-20(22)16(17)10-6-8-14(3)11-18(19)21/h7-8,10,15,17-19,21H,5-6,9,11-12H2,1-4H3/b14-8-,16-10-/t15-,17-,18-,19+/m1/s1. The van der Waals surface area contributed by atoms with E-state index in [0.717, 1.165) is 24.8 Å². The molecule has 0 aromatic rings. The highest BCUT2D eigenvalue weighted by Crippen LogP contribution is 2.39. The number of cyclic esters (lactones) is 1. The van der Waals surface area contributed by atoms with Gasteiger partial charge in [-0.05, 0) is 58.3 Å². The van der Waals surface area contributed by atoms with Gasteiger partial charge in [-0.25, -0.2) is 4.79 Å². The van der Waals surface area contributed by atoms with Gasteiger partial charge in [-0.2, -0.15) is 0 Å². The summed E-state index contributed by atoms with van der Waals surface area (Å²) < 4.78 is 5.30. The van der Waals surface area contributed by atoms with Crippen molar-refractivity contribution in [3.63, 3.8) is 0 Å². The molecule has 1 aliphatic carbocycles. The molecule has 1 aliphatic heterocycles. The summed E-state index contributed by atoms with van der Waals surface area (Å²) in [6.07, 6.45) is 9.40. The number of carbonyl (C=O) groups is 1. The third-order valence-electron chi connectivity index (χ3n) is 5.10. The Kier molecular flexibility index (Phi) is 6.23. The summed E-state index contributed by atoms with van der Waals surface area (Å²) >= 11 is 0. The second kappa shape index (κ2) is 7.96. The molecule has 0 amide bonds. The number of esters is 1. The Morgan fingerprint density at radius 1 is 1.43 bits per heavy atom. The highest BCUT2D eigenvalue weighted by atomic mass is 16.5. The Labute approximate surface area is 140 Å². The van der Waals surface area contributed by atoms with Crippen LogP contribution in [0.4, 0.5) is 0 Å². The van der Waals surface area contributed by atoms with Gasteiger partial charge in [0.1, 0.15) is 0 Å². The van der Waals surface area contributed by atoms with Crippen LogP contribution in [0.3, 0.4) is 0 Å². The van der Waals surface area contributed by atoms with Gasteiger partial charge in [0.15, 0.2) is 0 Å². The topological polar surface area (TPSA) is 46.5 Å². The number of aliphatic hydroxyl groups excluding tert-OH is 1. The van der Waals surface area contributed by atoms with Crippen LogP contribution in [0.5, 0.6) is 0 Å². The summed E-state index contributed by atoms with van der Waals surface area (Å²) in [7, 11) is 0. The molecule has 3 heteroatoms. The lowest BCUT2D eigenvalue weighted by molar-refractivity contribution is -0.135. The van der Waals surface area contributed by atoms with Crippen LogP contribution in [0.25, 0.3) is 0 Å². The molecule has 0 aromatic heterocycles. The number of aliphatic hydroxyl groups is 1. The summed E-state index contributed by atoms with van der Waals surface area (Å²) in [5, 5.41) is 10.8. The second-order valence-corrected chi connectivity index (χ2v) is 7.34. The van der Waals surface area contributed by atoms with Crippen molar-refractivity contribution < 1.29 is 14.6 Å². The second-order valence-electron chi connectivity index (χ2n) is 7.34. The first-order valence-corrected chi connectivity index (χ1v) is 8.74. The number of hydrogen-bond donors (Lipinski definition) is 1. The molecule has 0 radical (unpaired) electrons. The molecule has 0 unspecified atom stereocenters. The molecule has 2 aliphatic rings. The van der Waals surface area contributed by atoms with Gasteiger partial charge in [0.05, 0.1) is 12.7 Å². The van der Waals surface area contributed by atoms with Gasteiger partial charge in [0, 0.05) is 11.5 Å². The third kappa shape index (κ3) is 4.57. The molecule has 0 bridgehead atoms. The molecule has 1 fully saturated rings. The molecule has 1 heterocycles. The maximum Gasteiger partial charge on any atom is 0.334 e. The summed E-state index contributed by atoms with van der Waals surface area (Å²) in [5.41, 5.74) is 3.30. The quantitative estimate of drug-likeness (QED) is 0.624. The van der Waals surface area contributed by atoms with E-state index in [0.29, 0.717) is 18.9 Å². The van der Waals surface area contributed by atoms with Crippen LogP contribution in [0, 0.1) is 17.8 Å². The molecule has 3 nitrogen and oxygen atoms in total. The Morgan fingerprint density at radius 2 is 2.17 bits per heavy atom. The molecule has 1 saturated heterocycles. The van der Waals surface area contributed by atoms with Crippen molar-refractivity contribution in [1.29, 1.82) is 0 Å². The van der Waals surface area contributed by atoms with Crippen molar-refractivity contribution in [2.45, 2.75) is 59.5 Å². The van der Waals surface area contributed by atoms with Gasteiger partial charge in [0.2, 0.25) is 0 Å². The fraction of sp³-hybridized carbons (Fsp3) is 0.650. The highest BCUT2D eigenvalue weighted by Gasteiger charge is 2.41. The Morgan fingerprint density at radius 3 is 2.87 bits per heavy atom. The van der Waals surface area contributed by atoms with E-state index in [1.807, 2.05) is 6.08 Å². The zero-order valence-corrected chi connectivity index (χ0v) is 14.8. The zero-order valence-electron chi connectivity index (χ0n) is 14.8. The molecule has 128 valence electrons. The number of hydrogen-bond acceptors (Lipinski definition) is 3. The number of fused-ring (bicyclic) bond motifs is 1. The Balaban J connectivity index is 2.23. The predicted octanol–water partition coefficient (Wildman–Crippen LogP) is 4.19. The minimum absolute atomic E-state index is 0.0264. The number of rotatable bonds is 4. The van der Waals surface area contributed by atoms with Crippen molar-refractivity contribution in [2.24, 2.45) is 17.8 Å². The monoisotopic (exact) mass is 318 g/mol. The molecule has 0 aromatic carbocycles. The smallest absolute Gasteiger partial charge is 0.334 e. The summed E-state index contributed by atoms with van der Waals surface area (Å²) in [5.74, 6) is 0.240. The lowest BCUT2D eigenvalue weighted by atomic mass is 9.73. The third-order valence-corrected chi connectivity index (χ3v) is 5.10. The van der Waals surface area contributed by atoms with E-state index in [4.69, 9.17) is 4.74 Å². The van der Waals surface area contributed by atoms with Crippen LogP contribution >= 0.6 is 0 Å². The minimum Gasteiger partial charge on any atom is -0.462 e. The fourth-order valence-corrected chi connectivity index (χ4v) is 3.85. The lowest BCUT2D eigenvalue weighted by Gasteiger charge is -2.32. The van der Waals surface area contributed by atoms with Crippen molar-refractivity contribution in [2.75, 3.05) is 6.61 Å². The number of allylic oxidation sites excluding steroid dienone is 4. The van der Waals surface area contributed by atoms with Crippen molar-refractivity contribution >= 4 is 5.97 Å². The van der Waals surface area contributed by atoms with Gasteiger partial charge >= 0.3 is 5.97 Å². The van der Waals surface area contributed by atoms with Crippen LogP contribution in [-0.2, 0) is 9.53 Å². The van der Waals surface area contributed by atoms with E-state index in [1.165, 1.54) is 11.1 Å². The Bertz CT molecular complexity index is 523. The van der Waals surface area contributed by atoms with Gasteiger partial charge in [0.25, 0.3) is 0 Å². The fourth-order valence-electron chi connectivity index (χ4n) is 3.85. The van der Waals surface area contributed by atoms with Gasteiger partial charge in [-0.3, -0.25) is 0 Å². The van der Waals surface area contributed by atoms with Crippen molar-refractivity contribution in [3.8, 4) is 0 Å². The molecular formula is C20H30O3. The molecule has 4 atom stereocenters. The summed E-state index contributed by atoms with van der Waals surface area (Å²) in [6.45, 7) is 8.89. The van der Waals surface area contributed by atoms with Crippen LogP contribution in [0.2, 0.25) is 0 Å². The number of carbonyl (C=O) groups excluding carboxylic acids is 1. The predicted molar refractivity (Wildman–Crippen MR) is 92.8 cm³/mol. The van der Waals surface area contributed by atoms with Gasteiger partial charge in [-0.15, -0.1) is 0 Å².